The Bertz CT molecular complexity index is 760. The van der Waals surface area contributed by atoms with Crippen LogP contribution in [-0.2, 0) is 28.5 Å². The van der Waals surface area contributed by atoms with Gasteiger partial charge in [0.15, 0.2) is 12.6 Å². The van der Waals surface area contributed by atoms with E-state index in [1.807, 2.05) is 0 Å². The number of methoxy groups -OCH3 is 1. The summed E-state index contributed by atoms with van der Waals surface area (Å²) in [6.45, 7) is 3.84. The van der Waals surface area contributed by atoms with Gasteiger partial charge in [0.05, 0.1) is 25.4 Å². The van der Waals surface area contributed by atoms with Gasteiger partial charge in [0.1, 0.15) is 0 Å². The van der Waals surface area contributed by atoms with Gasteiger partial charge in [0.2, 0.25) is 0 Å². The molecule has 2 saturated heterocycles. The lowest BCUT2D eigenvalue weighted by Crippen LogP contribution is -2.32. The number of hydrogen-bond acceptors (Lipinski definition) is 7. The van der Waals surface area contributed by atoms with E-state index in [4.69, 9.17) is 23.7 Å². The molecule has 4 unspecified atom stereocenters. The molecule has 4 rings (SSSR count). The molecule has 0 amide bonds. The Hall–Kier alpha value is -0.990. The third-order valence-corrected chi connectivity index (χ3v) is 9.97. The quantitative estimate of drug-likeness (QED) is 0.119. The van der Waals surface area contributed by atoms with Crippen LogP contribution in [-0.4, -0.2) is 62.3 Å². The van der Waals surface area contributed by atoms with Crippen LogP contribution in [0.5, 0.6) is 0 Å². The largest absolute Gasteiger partial charge is 0.469 e. The third-order valence-electron chi connectivity index (χ3n) is 9.97. The van der Waals surface area contributed by atoms with Crippen LogP contribution < -0.4 is 0 Å². The maximum atomic E-state index is 11.4. The summed E-state index contributed by atoms with van der Waals surface area (Å²) >= 11 is 0. The zero-order valence-electron chi connectivity index (χ0n) is 25.9. The highest BCUT2D eigenvalue weighted by Crippen LogP contribution is 2.42. The molecule has 0 aromatic heterocycles. The first-order chi connectivity index (χ1) is 20.1. The smallest absolute Gasteiger partial charge is 0.305 e. The van der Waals surface area contributed by atoms with E-state index in [9.17, 15) is 9.90 Å². The molecule has 9 atom stereocenters. The molecule has 0 aromatic carbocycles. The summed E-state index contributed by atoms with van der Waals surface area (Å²) in [6, 6.07) is 0. The van der Waals surface area contributed by atoms with Crippen LogP contribution in [0.4, 0.5) is 0 Å². The van der Waals surface area contributed by atoms with Crippen LogP contribution in [0, 0.1) is 23.7 Å². The number of ether oxygens (including phenoxy) is 5. The van der Waals surface area contributed by atoms with Crippen molar-refractivity contribution in [2.75, 3.05) is 20.3 Å². The predicted octanol–water partition coefficient (Wildman–Crippen LogP) is 7.09. The number of carbonyl (C=O) groups is 1. The monoisotopic (exact) mass is 578 g/mol. The van der Waals surface area contributed by atoms with Crippen LogP contribution in [0.25, 0.3) is 0 Å². The van der Waals surface area contributed by atoms with Gasteiger partial charge in [-0.1, -0.05) is 57.6 Å². The summed E-state index contributed by atoms with van der Waals surface area (Å²) < 4.78 is 30.0. The second kappa shape index (κ2) is 18.0. The van der Waals surface area contributed by atoms with Gasteiger partial charge in [-0.05, 0) is 82.0 Å². The standard InChI is InChI=1S/C34H58O7/c1-3-12-25-17-18-26(23-25)30(40-33-15-8-10-21-38-33)20-19-28-27(13-6-4-5-7-14-32(36)37-2)29(35)24-31(28)41-34-16-9-11-22-39-34/h19-20,25-31,33-35H,3-18,21-24H2,1-2H3/t25?,26?,27-,28-,29+,30-,31-,33?,34?/m1/s1. The Morgan fingerprint density at radius 3 is 2.39 bits per heavy atom. The van der Waals surface area contributed by atoms with Crippen LogP contribution in [0.3, 0.4) is 0 Å². The molecule has 4 aliphatic rings. The van der Waals surface area contributed by atoms with Crippen molar-refractivity contribution in [2.24, 2.45) is 23.7 Å². The van der Waals surface area contributed by atoms with Crippen LogP contribution in [0.2, 0.25) is 0 Å². The number of aliphatic hydroxyl groups excluding tert-OH is 1. The van der Waals surface area contributed by atoms with Gasteiger partial charge in [-0.3, -0.25) is 4.79 Å². The Kier molecular flexibility index (Phi) is 14.4. The SMILES string of the molecule is CCCC1CCC([C@@H](C=C[C@@H]2[C@@H](CCCCCCC(=O)OC)[C@@H](O)C[C@H]2OC2CCCCO2)OC2CCCCO2)C1. The maximum Gasteiger partial charge on any atom is 0.305 e. The Balaban J connectivity index is 1.42. The Labute approximate surface area is 249 Å². The lowest BCUT2D eigenvalue weighted by atomic mass is 9.87. The molecule has 2 aliphatic heterocycles. The molecule has 2 aliphatic carbocycles. The molecule has 0 spiro atoms. The van der Waals surface area contributed by atoms with Gasteiger partial charge < -0.3 is 28.8 Å². The van der Waals surface area contributed by atoms with Crippen molar-refractivity contribution >= 4 is 5.97 Å². The summed E-state index contributed by atoms with van der Waals surface area (Å²) in [6.07, 6.45) is 22.8. The average molecular weight is 579 g/mol. The first-order valence-electron chi connectivity index (χ1n) is 17.0. The first-order valence-corrected chi connectivity index (χ1v) is 17.0. The molecule has 2 saturated carbocycles. The number of aliphatic hydroxyl groups is 1. The normalized spacial score (nSPS) is 35.2. The summed E-state index contributed by atoms with van der Waals surface area (Å²) in [7, 11) is 1.45. The van der Waals surface area contributed by atoms with Gasteiger partial charge in [-0.25, -0.2) is 0 Å². The van der Waals surface area contributed by atoms with Gasteiger partial charge in [0.25, 0.3) is 0 Å². The number of esters is 1. The van der Waals surface area contributed by atoms with E-state index < -0.39 is 0 Å². The van der Waals surface area contributed by atoms with E-state index in [0.717, 1.165) is 89.8 Å². The fraction of sp³-hybridized carbons (Fsp3) is 0.912. The van der Waals surface area contributed by atoms with Crippen molar-refractivity contribution in [1.29, 1.82) is 0 Å². The van der Waals surface area contributed by atoms with E-state index in [1.54, 1.807) is 0 Å². The van der Waals surface area contributed by atoms with Crippen LogP contribution in [0.15, 0.2) is 12.2 Å². The highest BCUT2D eigenvalue weighted by molar-refractivity contribution is 5.68. The minimum atomic E-state index is -0.380. The van der Waals surface area contributed by atoms with Gasteiger partial charge in [-0.2, -0.15) is 0 Å². The molecule has 0 radical (unpaired) electrons. The Morgan fingerprint density at radius 2 is 1.68 bits per heavy atom. The van der Waals surface area contributed by atoms with Crippen molar-refractivity contribution in [3.63, 3.8) is 0 Å². The molecular weight excluding hydrogens is 520 g/mol. The molecule has 0 aromatic rings. The van der Waals surface area contributed by atoms with Gasteiger partial charge in [-0.15, -0.1) is 0 Å². The maximum absolute atomic E-state index is 11.4. The topological polar surface area (TPSA) is 83.5 Å². The zero-order chi connectivity index (χ0) is 28.9. The fourth-order valence-electron chi connectivity index (χ4n) is 7.65. The molecule has 0 bridgehead atoms. The molecule has 7 nitrogen and oxygen atoms in total. The van der Waals surface area contributed by atoms with E-state index in [0.29, 0.717) is 18.8 Å². The highest BCUT2D eigenvalue weighted by atomic mass is 16.7. The van der Waals surface area contributed by atoms with E-state index in [2.05, 4.69) is 19.1 Å². The molecule has 236 valence electrons. The molecule has 41 heavy (non-hydrogen) atoms. The Morgan fingerprint density at radius 1 is 0.927 bits per heavy atom. The van der Waals surface area contributed by atoms with Crippen molar-refractivity contribution in [2.45, 2.75) is 153 Å². The zero-order valence-corrected chi connectivity index (χ0v) is 25.9. The van der Waals surface area contributed by atoms with Crippen molar-refractivity contribution in [3.05, 3.63) is 12.2 Å². The minimum Gasteiger partial charge on any atom is -0.469 e. The summed E-state index contributed by atoms with van der Waals surface area (Å²) in [5.41, 5.74) is 0. The first kappa shape index (κ1) is 32.9. The molecule has 7 heteroatoms. The van der Waals surface area contributed by atoms with Crippen LogP contribution >= 0.6 is 0 Å². The third kappa shape index (κ3) is 10.6. The molecule has 4 fully saturated rings. The summed E-state index contributed by atoms with van der Waals surface area (Å²) in [5, 5.41) is 11.2. The second-order valence-corrected chi connectivity index (χ2v) is 13.1. The molecular formula is C34H58O7. The van der Waals surface area contributed by atoms with Gasteiger partial charge in [0, 0.05) is 32.0 Å². The number of rotatable bonds is 16. The lowest BCUT2D eigenvalue weighted by molar-refractivity contribution is -0.193. The van der Waals surface area contributed by atoms with E-state index in [-0.39, 0.29) is 48.7 Å². The van der Waals surface area contributed by atoms with Crippen molar-refractivity contribution < 1.29 is 33.6 Å². The summed E-state index contributed by atoms with van der Waals surface area (Å²) in [4.78, 5) is 11.4. The van der Waals surface area contributed by atoms with Crippen molar-refractivity contribution in [3.8, 4) is 0 Å². The predicted molar refractivity (Wildman–Crippen MR) is 159 cm³/mol. The number of hydrogen-bond donors (Lipinski definition) is 1. The molecule has 2 heterocycles. The van der Waals surface area contributed by atoms with E-state index in [1.165, 1.54) is 39.2 Å². The molecule has 1 N–H and O–H groups in total. The van der Waals surface area contributed by atoms with Gasteiger partial charge >= 0.3 is 5.97 Å². The average Bonchev–Trinajstić information content (AvgIpc) is 3.57. The lowest BCUT2D eigenvalue weighted by Gasteiger charge is -2.31. The van der Waals surface area contributed by atoms with E-state index >= 15 is 0 Å². The summed E-state index contributed by atoms with van der Waals surface area (Å²) in [5.74, 6) is 1.48. The minimum absolute atomic E-state index is 0.0447. The fourth-order valence-corrected chi connectivity index (χ4v) is 7.65. The number of carbonyl (C=O) groups excluding carboxylic acids is 1. The van der Waals surface area contributed by atoms with Crippen LogP contribution in [0.1, 0.15) is 122 Å². The number of unbranched alkanes of at least 4 members (excludes halogenated alkanes) is 3. The highest BCUT2D eigenvalue weighted by Gasteiger charge is 2.43. The van der Waals surface area contributed by atoms with Crippen molar-refractivity contribution in [1.82, 2.24) is 0 Å². The second-order valence-electron chi connectivity index (χ2n) is 13.1.